The van der Waals surface area contributed by atoms with E-state index in [1.807, 2.05) is 6.92 Å². The van der Waals surface area contributed by atoms with E-state index >= 15 is 0 Å². The Kier molecular flexibility index (Phi) is 4.18. The Morgan fingerprint density at radius 1 is 1.42 bits per heavy atom. The van der Waals surface area contributed by atoms with Gasteiger partial charge in [0.25, 0.3) is 0 Å². The summed E-state index contributed by atoms with van der Waals surface area (Å²) in [6.07, 6.45) is 5.48. The van der Waals surface area contributed by atoms with Crippen molar-refractivity contribution in [2.45, 2.75) is 45.6 Å². The molecule has 0 bridgehead atoms. The number of nitrogens with one attached hydrogen (secondary N) is 1. The number of hydrogen-bond acceptors (Lipinski definition) is 1. The Bertz CT molecular complexity index is 175. The van der Waals surface area contributed by atoms with Crippen molar-refractivity contribution >= 4 is 0 Å². The molecule has 1 fully saturated rings. The quantitative estimate of drug-likeness (QED) is 0.632. The summed E-state index contributed by atoms with van der Waals surface area (Å²) in [4.78, 5) is 0. The third-order valence-corrected chi connectivity index (χ3v) is 2.81. The van der Waals surface area contributed by atoms with Gasteiger partial charge in [-0.2, -0.15) is 0 Å². The van der Waals surface area contributed by atoms with Crippen molar-refractivity contribution in [3.05, 3.63) is 0 Å². The highest BCUT2D eigenvalue weighted by Crippen LogP contribution is 2.27. The minimum atomic E-state index is 0.746. The van der Waals surface area contributed by atoms with Gasteiger partial charge in [0.05, 0.1) is 6.54 Å². The first kappa shape index (κ1) is 9.61. The van der Waals surface area contributed by atoms with E-state index in [-0.39, 0.29) is 0 Å². The molecule has 1 heteroatoms. The zero-order valence-electron chi connectivity index (χ0n) is 8.19. The zero-order chi connectivity index (χ0) is 8.81. The van der Waals surface area contributed by atoms with Gasteiger partial charge in [0.1, 0.15) is 0 Å². The van der Waals surface area contributed by atoms with Crippen LogP contribution in [0.2, 0.25) is 0 Å². The van der Waals surface area contributed by atoms with Crippen LogP contribution >= 0.6 is 0 Å². The standard InChI is InChI=1S/C11H19N/c1-3-5-9-12-11-8-6-7-10(11)4-2/h10-12H,4,6-9H2,1-2H3. The molecule has 0 radical (unpaired) electrons. The van der Waals surface area contributed by atoms with Crippen LogP contribution in [0.5, 0.6) is 0 Å². The SMILES string of the molecule is CC#CCNC1CCCC1CC. The summed E-state index contributed by atoms with van der Waals surface area (Å²) < 4.78 is 0. The first-order chi connectivity index (χ1) is 5.88. The molecule has 1 aliphatic rings. The lowest BCUT2D eigenvalue weighted by atomic mass is 10.0. The van der Waals surface area contributed by atoms with Crippen LogP contribution < -0.4 is 5.32 Å². The summed E-state index contributed by atoms with van der Waals surface area (Å²) in [7, 11) is 0. The fourth-order valence-corrected chi connectivity index (χ4v) is 2.06. The van der Waals surface area contributed by atoms with Crippen LogP contribution in [0.3, 0.4) is 0 Å². The molecule has 1 saturated carbocycles. The first-order valence-corrected chi connectivity index (χ1v) is 5.01. The molecule has 0 aliphatic heterocycles. The van der Waals surface area contributed by atoms with Gasteiger partial charge in [-0.3, -0.25) is 0 Å². The second kappa shape index (κ2) is 5.22. The molecule has 1 aliphatic carbocycles. The molecule has 1 nitrogen and oxygen atoms in total. The van der Waals surface area contributed by atoms with Crippen LogP contribution in [0.1, 0.15) is 39.5 Å². The summed E-state index contributed by atoms with van der Waals surface area (Å²) in [5.41, 5.74) is 0. The number of rotatable bonds is 3. The molecule has 12 heavy (non-hydrogen) atoms. The Morgan fingerprint density at radius 2 is 2.25 bits per heavy atom. The lowest BCUT2D eigenvalue weighted by Crippen LogP contribution is -2.32. The Labute approximate surface area is 75.9 Å². The highest BCUT2D eigenvalue weighted by atomic mass is 14.9. The maximum Gasteiger partial charge on any atom is 0.0578 e. The fourth-order valence-electron chi connectivity index (χ4n) is 2.06. The van der Waals surface area contributed by atoms with Gasteiger partial charge in [-0.05, 0) is 25.7 Å². The van der Waals surface area contributed by atoms with E-state index in [1.165, 1.54) is 25.7 Å². The van der Waals surface area contributed by atoms with Crippen molar-refractivity contribution < 1.29 is 0 Å². The smallest absolute Gasteiger partial charge is 0.0578 e. The van der Waals surface area contributed by atoms with Crippen molar-refractivity contribution in [1.82, 2.24) is 5.32 Å². The van der Waals surface area contributed by atoms with Crippen LogP contribution in [-0.4, -0.2) is 12.6 Å². The lowest BCUT2D eigenvalue weighted by Gasteiger charge is -2.17. The van der Waals surface area contributed by atoms with E-state index in [1.54, 1.807) is 0 Å². The number of hydrogen-bond donors (Lipinski definition) is 1. The lowest BCUT2D eigenvalue weighted by molar-refractivity contribution is 0.405. The molecule has 0 aromatic carbocycles. The molecule has 2 atom stereocenters. The normalized spacial score (nSPS) is 28.2. The topological polar surface area (TPSA) is 12.0 Å². The van der Waals surface area contributed by atoms with Crippen molar-refractivity contribution in [3.63, 3.8) is 0 Å². The molecule has 1 N–H and O–H groups in total. The van der Waals surface area contributed by atoms with E-state index < -0.39 is 0 Å². The van der Waals surface area contributed by atoms with Gasteiger partial charge in [-0.1, -0.05) is 25.7 Å². The van der Waals surface area contributed by atoms with Crippen LogP contribution in [0.25, 0.3) is 0 Å². The van der Waals surface area contributed by atoms with E-state index in [9.17, 15) is 0 Å². The van der Waals surface area contributed by atoms with Gasteiger partial charge in [0, 0.05) is 6.04 Å². The van der Waals surface area contributed by atoms with Crippen molar-refractivity contribution in [1.29, 1.82) is 0 Å². The van der Waals surface area contributed by atoms with Crippen molar-refractivity contribution in [3.8, 4) is 11.8 Å². The third-order valence-electron chi connectivity index (χ3n) is 2.81. The first-order valence-electron chi connectivity index (χ1n) is 5.01. The summed E-state index contributed by atoms with van der Waals surface area (Å²) in [5.74, 6) is 6.88. The van der Waals surface area contributed by atoms with Gasteiger partial charge in [0.15, 0.2) is 0 Å². The predicted octanol–water partition coefficient (Wildman–Crippen LogP) is 2.18. The van der Waals surface area contributed by atoms with Crippen LogP contribution in [0.4, 0.5) is 0 Å². The average molecular weight is 165 g/mol. The van der Waals surface area contributed by atoms with Crippen molar-refractivity contribution in [2.75, 3.05) is 6.54 Å². The molecule has 0 amide bonds. The fraction of sp³-hybridized carbons (Fsp3) is 0.818. The molecule has 0 aromatic heterocycles. The average Bonchev–Trinajstić information content (AvgIpc) is 2.52. The highest BCUT2D eigenvalue weighted by molar-refractivity contribution is 4.98. The van der Waals surface area contributed by atoms with Crippen LogP contribution in [0.15, 0.2) is 0 Å². The van der Waals surface area contributed by atoms with Crippen LogP contribution in [-0.2, 0) is 0 Å². The Morgan fingerprint density at radius 3 is 2.92 bits per heavy atom. The molecular formula is C11H19N. The molecule has 0 aromatic rings. The second-order valence-electron chi connectivity index (χ2n) is 3.51. The van der Waals surface area contributed by atoms with Crippen molar-refractivity contribution in [2.24, 2.45) is 5.92 Å². The maximum atomic E-state index is 3.51. The van der Waals surface area contributed by atoms with E-state index in [4.69, 9.17) is 0 Å². The molecule has 0 heterocycles. The summed E-state index contributed by atoms with van der Waals surface area (Å²) in [6, 6.07) is 0.746. The van der Waals surface area contributed by atoms with Gasteiger partial charge in [-0.25, -0.2) is 0 Å². The molecule has 0 spiro atoms. The van der Waals surface area contributed by atoms with Gasteiger partial charge in [0.2, 0.25) is 0 Å². The third kappa shape index (κ3) is 2.53. The summed E-state index contributed by atoms with van der Waals surface area (Å²) in [5, 5.41) is 3.51. The predicted molar refractivity (Wildman–Crippen MR) is 52.9 cm³/mol. The monoisotopic (exact) mass is 165 g/mol. The van der Waals surface area contributed by atoms with Gasteiger partial charge >= 0.3 is 0 Å². The van der Waals surface area contributed by atoms with Gasteiger partial charge in [-0.15, -0.1) is 5.92 Å². The highest BCUT2D eigenvalue weighted by Gasteiger charge is 2.24. The summed E-state index contributed by atoms with van der Waals surface area (Å²) in [6.45, 7) is 5.06. The molecular weight excluding hydrogens is 146 g/mol. The molecule has 2 unspecified atom stereocenters. The Hall–Kier alpha value is -0.480. The minimum Gasteiger partial charge on any atom is -0.303 e. The Balaban J connectivity index is 2.24. The van der Waals surface area contributed by atoms with Crippen LogP contribution in [0, 0.1) is 17.8 Å². The van der Waals surface area contributed by atoms with Gasteiger partial charge < -0.3 is 5.32 Å². The largest absolute Gasteiger partial charge is 0.303 e. The molecule has 1 rings (SSSR count). The maximum absolute atomic E-state index is 3.51. The molecule has 0 saturated heterocycles. The zero-order valence-corrected chi connectivity index (χ0v) is 8.19. The minimum absolute atomic E-state index is 0.746. The second-order valence-corrected chi connectivity index (χ2v) is 3.51. The van der Waals surface area contributed by atoms with E-state index in [0.717, 1.165) is 18.5 Å². The van der Waals surface area contributed by atoms with E-state index in [0.29, 0.717) is 0 Å². The van der Waals surface area contributed by atoms with E-state index in [2.05, 4.69) is 24.1 Å². The molecule has 68 valence electrons. The summed E-state index contributed by atoms with van der Waals surface area (Å²) >= 11 is 0.